The van der Waals surface area contributed by atoms with E-state index in [1.807, 2.05) is 44.2 Å². The van der Waals surface area contributed by atoms with Crippen LogP contribution in [0.25, 0.3) is 0 Å². The molecule has 8 nitrogen and oxygen atoms in total. The van der Waals surface area contributed by atoms with Crippen LogP contribution in [0.15, 0.2) is 30.3 Å². The van der Waals surface area contributed by atoms with Gasteiger partial charge < -0.3 is 19.5 Å². The van der Waals surface area contributed by atoms with E-state index in [1.165, 1.54) is 38.5 Å². The Balaban J connectivity index is 0.877. The second-order valence-corrected chi connectivity index (χ2v) is 26.9. The molecular weight excluding hydrogens is 821 g/mol. The van der Waals surface area contributed by atoms with E-state index in [-0.39, 0.29) is 69.1 Å². The van der Waals surface area contributed by atoms with Gasteiger partial charge in [0.25, 0.3) is 0 Å². The molecule has 368 valence electrons. The molecule has 1 aromatic rings. The van der Waals surface area contributed by atoms with Gasteiger partial charge in [-0.3, -0.25) is 19.3 Å². The molecule has 0 radical (unpaired) electrons. The van der Waals surface area contributed by atoms with E-state index in [4.69, 9.17) is 14.2 Å². The molecule has 7 aliphatic carbocycles. The summed E-state index contributed by atoms with van der Waals surface area (Å²) in [6, 6.07) is 9.80. The Morgan fingerprint density at radius 1 is 0.742 bits per heavy atom. The second kappa shape index (κ2) is 17.1. The van der Waals surface area contributed by atoms with Gasteiger partial charge in [0.05, 0.1) is 23.4 Å². The number of nitrogens with zero attached hydrogens (tertiary/aromatic N) is 1. The number of unbranched alkanes of at least 4 members (excludes halogenated alkanes) is 1. The van der Waals surface area contributed by atoms with E-state index in [1.54, 1.807) is 0 Å². The first-order chi connectivity index (χ1) is 31.0. The Labute approximate surface area is 399 Å². The minimum absolute atomic E-state index is 0.131. The lowest BCUT2D eigenvalue weighted by molar-refractivity contribution is -0.252. The van der Waals surface area contributed by atoms with Gasteiger partial charge in [0, 0.05) is 37.2 Å². The highest BCUT2D eigenvalue weighted by molar-refractivity contribution is 5.84. The van der Waals surface area contributed by atoms with Crippen LogP contribution < -0.4 is 5.32 Å². The maximum Gasteiger partial charge on any atom is 0.309 e. The number of carbonyl (C=O) groups is 3. The summed E-state index contributed by atoms with van der Waals surface area (Å²) in [6.45, 7) is 30.2. The number of ether oxygens (including phenoxy) is 3. The van der Waals surface area contributed by atoms with Gasteiger partial charge in [-0.1, -0.05) is 99.1 Å². The highest BCUT2D eigenvalue weighted by Gasteiger charge is 2.74. The molecule has 8 aliphatic rings. The van der Waals surface area contributed by atoms with Gasteiger partial charge in [-0.25, -0.2) is 0 Å². The third-order valence-corrected chi connectivity index (χ3v) is 22.2. The Morgan fingerprint density at radius 3 is 2.17 bits per heavy atom. The first-order valence-electron chi connectivity index (χ1n) is 27.1. The van der Waals surface area contributed by atoms with Crippen LogP contribution in [-0.2, 0) is 35.2 Å². The van der Waals surface area contributed by atoms with Gasteiger partial charge in [-0.15, -0.1) is 0 Å². The monoisotopic (exact) mass is 911 g/mol. The predicted molar refractivity (Wildman–Crippen MR) is 261 cm³/mol. The summed E-state index contributed by atoms with van der Waals surface area (Å²) in [4.78, 5) is 45.2. The van der Waals surface area contributed by atoms with Gasteiger partial charge >= 0.3 is 11.9 Å². The van der Waals surface area contributed by atoms with Crippen molar-refractivity contribution in [2.45, 2.75) is 203 Å². The molecule has 0 spiro atoms. The minimum atomic E-state index is -0.510. The molecule has 1 heterocycles. The summed E-state index contributed by atoms with van der Waals surface area (Å²) in [5, 5.41) is 3.78. The van der Waals surface area contributed by atoms with Gasteiger partial charge in [0.15, 0.2) is 0 Å². The molecule has 1 saturated heterocycles. The Kier molecular flexibility index (Phi) is 12.6. The molecule has 0 unspecified atom stereocenters. The summed E-state index contributed by atoms with van der Waals surface area (Å²) in [5.74, 6) is 2.08. The maximum atomic E-state index is 15.3. The van der Waals surface area contributed by atoms with Crippen LogP contribution in [0.5, 0.6) is 0 Å². The van der Waals surface area contributed by atoms with Crippen molar-refractivity contribution in [3.63, 3.8) is 0 Å². The van der Waals surface area contributed by atoms with Crippen molar-refractivity contribution < 1.29 is 28.6 Å². The standard InChI is InChI=1S/C58H90N2O6/c1-12-13-33-64-39-24-32-60(35-39)37-51(2,3)59-50(63)58-27-21-40(54(8)28-29-54)47(58)41-19-20-45-55(9)25-23-46(53(6,7)44(55)22-26-57(45,11)56(41,10)30-31-58)66-49(62)43-34-42(52(43,4)5)48(61)65-36-38-17-15-14-16-18-38/h14-18,39-47H,12-13,19-37H2,1-11H3,(H,59,63)/t39-,40-,41-,42+,43-,44+,45-,46+,47-,55+,56-,57-,58+/m1/s1. The van der Waals surface area contributed by atoms with Crippen molar-refractivity contribution in [1.29, 1.82) is 0 Å². The quantitative estimate of drug-likeness (QED) is 0.147. The molecular formula is C58H90N2O6. The van der Waals surface area contributed by atoms with Crippen molar-refractivity contribution in [2.24, 2.45) is 79.3 Å². The molecule has 8 heteroatoms. The third kappa shape index (κ3) is 7.94. The molecule has 0 aromatic heterocycles. The van der Waals surface area contributed by atoms with Crippen LogP contribution in [0.2, 0.25) is 0 Å². The second-order valence-electron chi connectivity index (χ2n) is 26.9. The fourth-order valence-electron chi connectivity index (χ4n) is 17.8. The van der Waals surface area contributed by atoms with E-state index in [0.29, 0.717) is 53.4 Å². The molecule has 1 N–H and O–H groups in total. The fraction of sp³-hybridized carbons (Fsp3) is 0.845. The smallest absolute Gasteiger partial charge is 0.309 e. The number of carbonyl (C=O) groups excluding carboxylic acids is 3. The highest BCUT2D eigenvalue weighted by Crippen LogP contribution is 2.79. The van der Waals surface area contributed by atoms with Crippen molar-refractivity contribution >= 4 is 17.8 Å². The lowest BCUT2D eigenvalue weighted by Gasteiger charge is -2.73. The normalized spacial score (nSPS) is 41.8. The zero-order chi connectivity index (χ0) is 47.3. The number of hydrogen-bond donors (Lipinski definition) is 1. The van der Waals surface area contributed by atoms with Crippen molar-refractivity contribution in [3.8, 4) is 0 Å². The summed E-state index contributed by atoms with van der Waals surface area (Å²) in [6.07, 6.45) is 17.9. The minimum Gasteiger partial charge on any atom is -0.462 e. The largest absolute Gasteiger partial charge is 0.462 e. The number of esters is 2. The molecule has 1 amide bonds. The molecule has 66 heavy (non-hydrogen) atoms. The Morgan fingerprint density at radius 2 is 1.47 bits per heavy atom. The summed E-state index contributed by atoms with van der Waals surface area (Å²) in [7, 11) is 0. The lowest BCUT2D eigenvalue weighted by atomic mass is 9.32. The number of likely N-dealkylation sites (tertiary alicyclic amines) is 1. The summed E-state index contributed by atoms with van der Waals surface area (Å²) in [5.41, 5.74) is 0.607. The van der Waals surface area contributed by atoms with Crippen molar-refractivity contribution in [1.82, 2.24) is 10.2 Å². The van der Waals surface area contributed by atoms with Gasteiger partial charge in [-0.05, 0) is 172 Å². The average Bonchev–Trinajstić information content (AvgIpc) is 3.63. The lowest BCUT2D eigenvalue weighted by Crippen LogP contribution is -2.68. The maximum absolute atomic E-state index is 15.3. The first kappa shape index (κ1) is 48.6. The summed E-state index contributed by atoms with van der Waals surface area (Å²) >= 11 is 0. The molecule has 1 aromatic carbocycles. The molecule has 9 rings (SSSR count). The highest BCUT2D eigenvalue weighted by atomic mass is 16.5. The van der Waals surface area contributed by atoms with Crippen molar-refractivity contribution in [3.05, 3.63) is 35.9 Å². The molecule has 0 bridgehead atoms. The average molecular weight is 911 g/mol. The molecule has 8 fully saturated rings. The Hall–Kier alpha value is -2.45. The topological polar surface area (TPSA) is 94.2 Å². The number of fused-ring (bicyclic) bond motifs is 7. The van der Waals surface area contributed by atoms with Gasteiger partial charge in [0.2, 0.25) is 5.91 Å². The zero-order valence-corrected chi connectivity index (χ0v) is 43.3. The van der Waals surface area contributed by atoms with Gasteiger partial charge in [-0.2, -0.15) is 0 Å². The van der Waals surface area contributed by atoms with Crippen LogP contribution in [0, 0.1) is 79.3 Å². The summed E-state index contributed by atoms with van der Waals surface area (Å²) < 4.78 is 18.6. The van der Waals surface area contributed by atoms with Gasteiger partial charge in [0.1, 0.15) is 12.7 Å². The van der Waals surface area contributed by atoms with Crippen LogP contribution in [0.4, 0.5) is 0 Å². The van der Waals surface area contributed by atoms with E-state index in [0.717, 1.165) is 89.6 Å². The SMILES string of the molecule is CCCCO[C@@H]1CCN(CC(C)(C)NC(=O)[C@]23CC[C@@H](C4(C)CC4)[C@@H]2[C@H]2CC[C@@H]4[C@@]5(C)CC[C@H](OC(=O)[C@H]6C[C@@H](C(=O)OCc7ccccc7)C6(C)C)C(C)(C)[C@@H]5CC[C@@]4(C)[C@]2(C)CC3)C1. The zero-order valence-electron chi connectivity index (χ0n) is 43.3. The van der Waals surface area contributed by atoms with Crippen LogP contribution in [0.1, 0.15) is 184 Å². The van der Waals surface area contributed by atoms with E-state index in [9.17, 15) is 9.59 Å². The van der Waals surface area contributed by atoms with E-state index in [2.05, 4.69) is 72.5 Å². The van der Waals surface area contributed by atoms with E-state index >= 15 is 4.79 Å². The molecule has 7 saturated carbocycles. The number of nitrogens with one attached hydrogen (secondary N) is 1. The van der Waals surface area contributed by atoms with Crippen LogP contribution in [0.3, 0.4) is 0 Å². The fourth-order valence-corrected chi connectivity index (χ4v) is 17.8. The van der Waals surface area contributed by atoms with Crippen LogP contribution in [-0.4, -0.2) is 66.7 Å². The predicted octanol–water partition coefficient (Wildman–Crippen LogP) is 12.0. The number of hydrogen-bond acceptors (Lipinski definition) is 7. The number of benzene rings is 1. The number of rotatable bonds is 14. The van der Waals surface area contributed by atoms with Crippen LogP contribution >= 0.6 is 0 Å². The molecule has 13 atom stereocenters. The van der Waals surface area contributed by atoms with Crippen molar-refractivity contribution in [2.75, 3.05) is 26.2 Å². The Bertz CT molecular complexity index is 1970. The molecule has 1 aliphatic heterocycles. The third-order valence-electron chi connectivity index (χ3n) is 22.2. The number of amides is 1. The first-order valence-corrected chi connectivity index (χ1v) is 27.1. The van der Waals surface area contributed by atoms with E-state index < -0.39 is 5.41 Å².